The minimum Gasteiger partial charge on any atom is -0.337 e. The van der Waals surface area contributed by atoms with Crippen molar-refractivity contribution in [1.82, 2.24) is 20.5 Å². The number of hydrogen-bond acceptors (Lipinski definition) is 5. The van der Waals surface area contributed by atoms with E-state index < -0.39 is 0 Å². The molecule has 1 aromatic carbocycles. The predicted octanol–water partition coefficient (Wildman–Crippen LogP) is 1.60. The second-order valence-electron chi connectivity index (χ2n) is 4.42. The number of thioether (sulfide) groups is 1. The molecule has 0 bridgehead atoms. The van der Waals surface area contributed by atoms with Crippen molar-refractivity contribution < 1.29 is 0 Å². The molecule has 0 atom stereocenters. The Labute approximate surface area is 116 Å². The number of nitrogens with one attached hydrogen (secondary N) is 2. The van der Waals surface area contributed by atoms with Gasteiger partial charge < -0.3 is 10.2 Å². The lowest BCUT2D eigenvalue weighted by molar-refractivity contribution is 0.580. The molecule has 1 aliphatic heterocycles. The maximum Gasteiger partial charge on any atom is 0.245 e. The summed E-state index contributed by atoms with van der Waals surface area (Å²) in [6.07, 6.45) is 2.08. The highest BCUT2D eigenvalue weighted by Crippen LogP contribution is 2.28. The van der Waals surface area contributed by atoms with Gasteiger partial charge in [-0.15, -0.1) is 16.9 Å². The molecule has 0 aliphatic carbocycles. The Balaban J connectivity index is 1.88. The number of benzene rings is 1. The summed E-state index contributed by atoms with van der Waals surface area (Å²) < 4.78 is 0. The summed E-state index contributed by atoms with van der Waals surface area (Å²) in [7, 11) is 0. The van der Waals surface area contributed by atoms with Crippen LogP contribution >= 0.6 is 11.8 Å². The number of aromatic nitrogens is 3. The molecule has 1 aliphatic rings. The van der Waals surface area contributed by atoms with Gasteiger partial charge in [0.1, 0.15) is 0 Å². The summed E-state index contributed by atoms with van der Waals surface area (Å²) in [6, 6.07) is 8.26. The zero-order valence-corrected chi connectivity index (χ0v) is 11.7. The fraction of sp³-hybridized carbons (Fsp3) is 0.385. The molecule has 0 unspecified atom stereocenters. The van der Waals surface area contributed by atoms with Crippen LogP contribution in [-0.4, -0.2) is 47.6 Å². The van der Waals surface area contributed by atoms with Gasteiger partial charge in [-0.1, -0.05) is 18.2 Å². The lowest BCUT2D eigenvalue weighted by Gasteiger charge is -2.25. The van der Waals surface area contributed by atoms with Gasteiger partial charge in [0.15, 0.2) is 5.82 Å². The van der Waals surface area contributed by atoms with E-state index >= 15 is 0 Å². The highest BCUT2D eigenvalue weighted by atomic mass is 32.2. The van der Waals surface area contributed by atoms with E-state index in [0.717, 1.165) is 43.5 Å². The number of hydrogen-bond donors (Lipinski definition) is 2. The molecule has 2 N–H and O–H groups in total. The van der Waals surface area contributed by atoms with E-state index in [2.05, 4.69) is 43.8 Å². The summed E-state index contributed by atoms with van der Waals surface area (Å²) in [5, 5.41) is 10.7. The van der Waals surface area contributed by atoms with Crippen molar-refractivity contribution in [2.24, 2.45) is 0 Å². The van der Waals surface area contributed by atoms with Gasteiger partial charge in [0.25, 0.3) is 0 Å². The van der Waals surface area contributed by atoms with Crippen molar-refractivity contribution in [3.05, 3.63) is 24.3 Å². The number of H-pyrrole nitrogens is 1. The lowest BCUT2D eigenvalue weighted by Crippen LogP contribution is -2.44. The van der Waals surface area contributed by atoms with Crippen LogP contribution in [-0.2, 0) is 0 Å². The van der Waals surface area contributed by atoms with Crippen molar-refractivity contribution >= 4 is 17.7 Å². The first-order valence-corrected chi connectivity index (χ1v) is 7.62. The van der Waals surface area contributed by atoms with E-state index in [-0.39, 0.29) is 0 Å². The van der Waals surface area contributed by atoms with Crippen LogP contribution in [0.4, 0.5) is 5.95 Å². The highest BCUT2D eigenvalue weighted by Gasteiger charge is 2.16. The van der Waals surface area contributed by atoms with Crippen LogP contribution in [0.15, 0.2) is 29.2 Å². The zero-order valence-electron chi connectivity index (χ0n) is 10.9. The molecule has 6 heteroatoms. The summed E-state index contributed by atoms with van der Waals surface area (Å²) in [6.45, 7) is 3.90. The van der Waals surface area contributed by atoms with Crippen LogP contribution in [0.1, 0.15) is 0 Å². The van der Waals surface area contributed by atoms with Gasteiger partial charge in [0.05, 0.1) is 0 Å². The summed E-state index contributed by atoms with van der Waals surface area (Å²) in [4.78, 5) is 8.05. The first kappa shape index (κ1) is 12.5. The molecule has 1 saturated heterocycles. The Morgan fingerprint density at radius 2 is 2.00 bits per heavy atom. The maximum absolute atomic E-state index is 4.63. The van der Waals surface area contributed by atoms with Gasteiger partial charge >= 0.3 is 0 Å². The number of piperazine rings is 1. The topological polar surface area (TPSA) is 56.8 Å². The van der Waals surface area contributed by atoms with Gasteiger partial charge in [0.2, 0.25) is 5.95 Å². The zero-order chi connectivity index (χ0) is 13.1. The Morgan fingerprint density at radius 1 is 1.21 bits per heavy atom. The molecule has 19 heavy (non-hydrogen) atoms. The Kier molecular flexibility index (Phi) is 3.70. The third-order valence-corrected chi connectivity index (χ3v) is 4.03. The van der Waals surface area contributed by atoms with Crippen LogP contribution in [0, 0.1) is 0 Å². The molecule has 2 heterocycles. The number of nitrogens with zero attached hydrogens (tertiary/aromatic N) is 3. The number of aromatic amines is 1. The Morgan fingerprint density at radius 3 is 2.79 bits per heavy atom. The fourth-order valence-corrected chi connectivity index (χ4v) is 2.82. The van der Waals surface area contributed by atoms with Crippen molar-refractivity contribution in [3.63, 3.8) is 0 Å². The first-order chi connectivity index (χ1) is 9.38. The quantitative estimate of drug-likeness (QED) is 0.833. The lowest BCUT2D eigenvalue weighted by atomic mass is 10.2. The van der Waals surface area contributed by atoms with Crippen molar-refractivity contribution in [1.29, 1.82) is 0 Å². The van der Waals surface area contributed by atoms with Crippen LogP contribution in [0.25, 0.3) is 11.4 Å². The fourth-order valence-electron chi connectivity index (χ4n) is 2.22. The van der Waals surface area contributed by atoms with Gasteiger partial charge in [-0.3, -0.25) is 5.10 Å². The van der Waals surface area contributed by atoms with Crippen molar-refractivity contribution in [2.45, 2.75) is 4.90 Å². The molecular weight excluding hydrogens is 258 g/mol. The normalized spacial score (nSPS) is 15.7. The van der Waals surface area contributed by atoms with Gasteiger partial charge in [-0.2, -0.15) is 4.98 Å². The largest absolute Gasteiger partial charge is 0.337 e. The summed E-state index contributed by atoms with van der Waals surface area (Å²) in [5.74, 6) is 1.64. The second kappa shape index (κ2) is 5.63. The van der Waals surface area contributed by atoms with Gasteiger partial charge in [0, 0.05) is 36.6 Å². The number of anilines is 1. The van der Waals surface area contributed by atoms with E-state index in [1.807, 2.05) is 12.1 Å². The van der Waals surface area contributed by atoms with E-state index in [1.54, 1.807) is 11.8 Å². The molecule has 0 saturated carbocycles. The molecule has 0 radical (unpaired) electrons. The van der Waals surface area contributed by atoms with E-state index in [1.165, 1.54) is 4.90 Å². The molecule has 1 aromatic heterocycles. The molecule has 100 valence electrons. The molecular formula is C13H17N5S. The average molecular weight is 275 g/mol. The third kappa shape index (κ3) is 2.59. The van der Waals surface area contributed by atoms with Crippen LogP contribution < -0.4 is 10.2 Å². The van der Waals surface area contributed by atoms with Crippen molar-refractivity contribution in [3.8, 4) is 11.4 Å². The third-order valence-electron chi connectivity index (χ3n) is 3.24. The second-order valence-corrected chi connectivity index (χ2v) is 5.27. The molecule has 2 aromatic rings. The van der Waals surface area contributed by atoms with Crippen LogP contribution in [0.2, 0.25) is 0 Å². The molecule has 0 spiro atoms. The average Bonchev–Trinajstić information content (AvgIpc) is 2.98. The standard InChI is InChI=1S/C13H17N5S/c1-19-11-5-3-2-4-10(11)12-15-13(17-16-12)18-8-6-14-7-9-18/h2-5,14H,6-9H2,1H3,(H,15,16,17). The first-order valence-electron chi connectivity index (χ1n) is 6.40. The minimum absolute atomic E-state index is 0.799. The monoisotopic (exact) mass is 275 g/mol. The van der Waals surface area contributed by atoms with E-state index in [9.17, 15) is 0 Å². The highest BCUT2D eigenvalue weighted by molar-refractivity contribution is 7.98. The summed E-state index contributed by atoms with van der Waals surface area (Å²) in [5.41, 5.74) is 1.11. The molecule has 3 rings (SSSR count). The molecule has 0 amide bonds. The SMILES string of the molecule is CSc1ccccc1-c1nc(N2CCNCC2)n[nH]1. The van der Waals surface area contributed by atoms with Crippen LogP contribution in [0.3, 0.4) is 0 Å². The minimum atomic E-state index is 0.799. The van der Waals surface area contributed by atoms with Crippen LogP contribution in [0.5, 0.6) is 0 Å². The maximum atomic E-state index is 4.63. The Hall–Kier alpha value is -1.53. The smallest absolute Gasteiger partial charge is 0.245 e. The van der Waals surface area contributed by atoms with E-state index in [0.29, 0.717) is 0 Å². The number of rotatable bonds is 3. The van der Waals surface area contributed by atoms with Gasteiger partial charge in [-0.25, -0.2) is 0 Å². The van der Waals surface area contributed by atoms with Crippen molar-refractivity contribution in [2.75, 3.05) is 37.3 Å². The molecule has 1 fully saturated rings. The predicted molar refractivity (Wildman–Crippen MR) is 78.7 cm³/mol. The van der Waals surface area contributed by atoms with E-state index in [4.69, 9.17) is 0 Å². The Bertz CT molecular complexity index is 547. The summed E-state index contributed by atoms with van der Waals surface area (Å²) >= 11 is 1.72. The van der Waals surface area contributed by atoms with Gasteiger partial charge in [-0.05, 0) is 12.3 Å². The molecule has 5 nitrogen and oxygen atoms in total.